The monoisotopic (exact) mass is 412 g/mol. The topological polar surface area (TPSA) is 60.5 Å². The van der Waals surface area contributed by atoms with Crippen molar-refractivity contribution >= 4 is 5.91 Å². The van der Waals surface area contributed by atoms with Crippen molar-refractivity contribution in [3.05, 3.63) is 47.0 Å². The first-order valence-corrected chi connectivity index (χ1v) is 10.1. The van der Waals surface area contributed by atoms with Crippen LogP contribution < -0.4 is 18.9 Å². The molecule has 0 bridgehead atoms. The van der Waals surface area contributed by atoms with Crippen LogP contribution in [0, 0.1) is 6.92 Å². The molecular weight excluding hydrogens is 384 g/mol. The normalized spacial score (nSPS) is 17.8. The lowest BCUT2D eigenvalue weighted by molar-refractivity contribution is 0.0734. The molecule has 7 nitrogen and oxygen atoms in total. The number of hydrogen-bond donors (Lipinski definition) is 0. The van der Waals surface area contributed by atoms with Crippen LogP contribution in [0.15, 0.2) is 30.3 Å². The second-order valence-corrected chi connectivity index (χ2v) is 7.79. The summed E-state index contributed by atoms with van der Waals surface area (Å²) in [6.07, 6.45) is 0.937. The number of carbonyl (C=O) groups is 1. The van der Waals surface area contributed by atoms with E-state index in [4.69, 9.17) is 18.9 Å². The predicted molar refractivity (Wildman–Crippen MR) is 113 cm³/mol. The minimum absolute atomic E-state index is 0.0264. The highest BCUT2D eigenvalue weighted by Gasteiger charge is 2.30. The van der Waals surface area contributed by atoms with Gasteiger partial charge < -0.3 is 23.8 Å². The minimum atomic E-state index is -0.0264. The SMILES string of the molecule is COc1cc(C(=O)N(C)C2CCN(Cc3ccc4c(c3)OCO4)C2)cc(OC)c1C. The Morgan fingerprint density at radius 1 is 1.13 bits per heavy atom. The van der Waals surface area contributed by atoms with Gasteiger partial charge in [0.15, 0.2) is 11.5 Å². The maximum absolute atomic E-state index is 13.1. The molecule has 0 spiro atoms. The van der Waals surface area contributed by atoms with E-state index in [2.05, 4.69) is 11.0 Å². The number of fused-ring (bicyclic) bond motifs is 1. The number of rotatable bonds is 6. The molecule has 0 radical (unpaired) electrons. The van der Waals surface area contributed by atoms with Gasteiger partial charge in [-0.3, -0.25) is 9.69 Å². The van der Waals surface area contributed by atoms with Crippen molar-refractivity contribution < 1.29 is 23.7 Å². The van der Waals surface area contributed by atoms with Crippen molar-refractivity contribution in [2.24, 2.45) is 0 Å². The maximum Gasteiger partial charge on any atom is 0.254 e. The van der Waals surface area contributed by atoms with Crippen LogP contribution in [-0.4, -0.2) is 62.9 Å². The van der Waals surface area contributed by atoms with Crippen molar-refractivity contribution in [3.63, 3.8) is 0 Å². The third-order valence-corrected chi connectivity index (χ3v) is 5.96. The molecule has 0 N–H and O–H groups in total. The highest BCUT2D eigenvalue weighted by Crippen LogP contribution is 2.33. The van der Waals surface area contributed by atoms with Gasteiger partial charge in [-0.1, -0.05) is 6.07 Å². The van der Waals surface area contributed by atoms with Crippen LogP contribution in [0.1, 0.15) is 27.9 Å². The average molecular weight is 412 g/mol. The molecule has 2 aromatic carbocycles. The largest absolute Gasteiger partial charge is 0.496 e. The Hall–Kier alpha value is -2.93. The number of amides is 1. The van der Waals surface area contributed by atoms with Crippen LogP contribution in [0.3, 0.4) is 0 Å². The number of likely N-dealkylation sites (tertiary alicyclic amines) is 1. The smallest absolute Gasteiger partial charge is 0.254 e. The maximum atomic E-state index is 13.1. The molecular formula is C23H28N2O5. The van der Waals surface area contributed by atoms with E-state index in [1.807, 2.05) is 31.0 Å². The van der Waals surface area contributed by atoms with Gasteiger partial charge in [0.25, 0.3) is 5.91 Å². The molecule has 30 heavy (non-hydrogen) atoms. The summed E-state index contributed by atoms with van der Waals surface area (Å²) >= 11 is 0. The molecule has 1 fully saturated rings. The van der Waals surface area contributed by atoms with Gasteiger partial charge in [-0.25, -0.2) is 0 Å². The van der Waals surface area contributed by atoms with Crippen molar-refractivity contribution in [2.75, 3.05) is 41.1 Å². The van der Waals surface area contributed by atoms with Crippen LogP contribution >= 0.6 is 0 Å². The van der Waals surface area contributed by atoms with Crippen LogP contribution in [-0.2, 0) is 6.54 Å². The van der Waals surface area contributed by atoms with E-state index in [0.29, 0.717) is 17.1 Å². The second-order valence-electron chi connectivity index (χ2n) is 7.79. The van der Waals surface area contributed by atoms with Crippen LogP contribution in [0.25, 0.3) is 0 Å². The van der Waals surface area contributed by atoms with Crippen LogP contribution in [0.2, 0.25) is 0 Å². The summed E-state index contributed by atoms with van der Waals surface area (Å²) in [5.41, 5.74) is 2.64. The molecule has 1 atom stereocenters. The van der Waals surface area contributed by atoms with Crippen molar-refractivity contribution in [3.8, 4) is 23.0 Å². The van der Waals surface area contributed by atoms with Crippen LogP contribution in [0.5, 0.6) is 23.0 Å². The van der Waals surface area contributed by atoms with Gasteiger partial charge in [0.1, 0.15) is 11.5 Å². The molecule has 1 unspecified atom stereocenters. The number of benzene rings is 2. The Bertz CT molecular complexity index is 920. The molecule has 1 saturated heterocycles. The Labute approximate surface area is 177 Å². The van der Waals surface area contributed by atoms with E-state index in [1.165, 1.54) is 5.56 Å². The van der Waals surface area contributed by atoms with Gasteiger partial charge >= 0.3 is 0 Å². The zero-order valence-electron chi connectivity index (χ0n) is 17.9. The van der Waals surface area contributed by atoms with Crippen LogP contribution in [0.4, 0.5) is 0 Å². The fraction of sp³-hybridized carbons (Fsp3) is 0.435. The Morgan fingerprint density at radius 3 is 2.53 bits per heavy atom. The quantitative estimate of drug-likeness (QED) is 0.727. The highest BCUT2D eigenvalue weighted by molar-refractivity contribution is 5.95. The molecule has 2 heterocycles. The first kappa shape index (κ1) is 20.3. The molecule has 1 amide bonds. The number of carbonyl (C=O) groups excluding carboxylic acids is 1. The summed E-state index contributed by atoms with van der Waals surface area (Å²) in [7, 11) is 5.07. The lowest BCUT2D eigenvalue weighted by Gasteiger charge is -2.26. The molecule has 2 aliphatic heterocycles. The Kier molecular flexibility index (Phi) is 5.72. The second kappa shape index (κ2) is 8.44. The third-order valence-electron chi connectivity index (χ3n) is 5.96. The predicted octanol–water partition coefficient (Wildman–Crippen LogP) is 3.09. The molecule has 7 heteroatoms. The third kappa shape index (κ3) is 3.89. The average Bonchev–Trinajstić information content (AvgIpc) is 3.42. The Balaban J connectivity index is 1.42. The number of ether oxygens (including phenoxy) is 4. The summed E-state index contributed by atoms with van der Waals surface area (Å²) in [6.45, 7) is 4.79. The molecule has 2 aromatic rings. The van der Waals surface area contributed by atoms with Gasteiger partial charge in [-0.2, -0.15) is 0 Å². The number of hydrogen-bond acceptors (Lipinski definition) is 6. The first-order valence-electron chi connectivity index (χ1n) is 10.1. The lowest BCUT2D eigenvalue weighted by Crippen LogP contribution is -2.39. The first-order chi connectivity index (χ1) is 14.5. The van der Waals surface area contributed by atoms with E-state index in [-0.39, 0.29) is 18.7 Å². The summed E-state index contributed by atoms with van der Waals surface area (Å²) in [6, 6.07) is 9.80. The summed E-state index contributed by atoms with van der Waals surface area (Å²) < 4.78 is 21.7. The van der Waals surface area contributed by atoms with E-state index in [9.17, 15) is 4.79 Å². The molecule has 160 valence electrons. The van der Waals surface area contributed by atoms with Gasteiger partial charge in [0.2, 0.25) is 6.79 Å². The van der Waals surface area contributed by atoms with E-state index < -0.39 is 0 Å². The fourth-order valence-corrected chi connectivity index (χ4v) is 4.15. The van der Waals surface area contributed by atoms with Gasteiger partial charge in [0, 0.05) is 43.9 Å². The van der Waals surface area contributed by atoms with Gasteiger partial charge in [-0.15, -0.1) is 0 Å². The zero-order valence-corrected chi connectivity index (χ0v) is 17.9. The highest BCUT2D eigenvalue weighted by atomic mass is 16.7. The Morgan fingerprint density at radius 2 is 1.83 bits per heavy atom. The lowest BCUT2D eigenvalue weighted by atomic mass is 10.1. The number of methoxy groups -OCH3 is 2. The van der Waals surface area contributed by atoms with E-state index in [1.54, 1.807) is 26.4 Å². The molecule has 2 aliphatic rings. The zero-order chi connectivity index (χ0) is 21.3. The van der Waals surface area contributed by atoms with Crippen molar-refractivity contribution in [1.82, 2.24) is 9.80 Å². The fourth-order valence-electron chi connectivity index (χ4n) is 4.15. The number of likely N-dealkylation sites (N-methyl/N-ethyl adjacent to an activating group) is 1. The van der Waals surface area contributed by atoms with Crippen molar-refractivity contribution in [1.29, 1.82) is 0 Å². The summed E-state index contributed by atoms with van der Waals surface area (Å²) in [5.74, 6) is 2.88. The molecule has 0 aromatic heterocycles. The summed E-state index contributed by atoms with van der Waals surface area (Å²) in [5, 5.41) is 0. The summed E-state index contributed by atoms with van der Waals surface area (Å²) in [4.78, 5) is 17.3. The molecule has 0 saturated carbocycles. The molecule has 0 aliphatic carbocycles. The van der Waals surface area contributed by atoms with E-state index in [0.717, 1.165) is 43.1 Å². The van der Waals surface area contributed by atoms with Crippen molar-refractivity contribution in [2.45, 2.75) is 25.9 Å². The van der Waals surface area contributed by atoms with Gasteiger partial charge in [-0.05, 0) is 43.2 Å². The minimum Gasteiger partial charge on any atom is -0.496 e. The molecule has 4 rings (SSSR count). The standard InChI is InChI=1S/C23H28N2O5/c1-15-20(27-3)10-17(11-21(15)28-4)23(26)24(2)18-7-8-25(13-18)12-16-5-6-19-22(9-16)30-14-29-19/h5-6,9-11,18H,7-8,12-14H2,1-4H3. The van der Waals surface area contributed by atoms with Gasteiger partial charge in [0.05, 0.1) is 14.2 Å². The number of nitrogens with zero attached hydrogens (tertiary/aromatic N) is 2. The van der Waals surface area contributed by atoms with E-state index >= 15 is 0 Å².